The zero-order valence-corrected chi connectivity index (χ0v) is 20.7. The van der Waals surface area contributed by atoms with Crippen molar-refractivity contribution in [2.45, 2.75) is 71.8 Å². The number of allylic oxidation sites excluding steroid dienone is 3. The average molecular weight is 464 g/mol. The van der Waals surface area contributed by atoms with Crippen LogP contribution >= 0.6 is 0 Å². The molecule has 0 unspecified atom stereocenters. The van der Waals surface area contributed by atoms with Crippen LogP contribution in [0.15, 0.2) is 48.6 Å². The van der Waals surface area contributed by atoms with Crippen LogP contribution in [-0.4, -0.2) is 44.5 Å². The molecule has 1 aliphatic rings. The normalized spacial score (nSPS) is 15.1. The van der Waals surface area contributed by atoms with E-state index in [9.17, 15) is 14.7 Å². The number of fused-ring (bicyclic) bond motifs is 1. The van der Waals surface area contributed by atoms with Crippen LogP contribution in [0.1, 0.15) is 87.9 Å². The molecule has 1 aromatic heterocycles. The molecule has 0 atom stereocenters. The van der Waals surface area contributed by atoms with Crippen LogP contribution in [0, 0.1) is 0 Å². The number of nitrogens with zero attached hydrogens (tertiary/aromatic N) is 3. The third kappa shape index (κ3) is 5.66. The molecule has 1 aromatic carbocycles. The molecule has 1 amide bonds. The average Bonchev–Trinajstić information content (AvgIpc) is 3.48. The Hall–Kier alpha value is -3.15. The van der Waals surface area contributed by atoms with Crippen LogP contribution in [0.4, 0.5) is 0 Å². The number of unbranched alkanes of at least 4 members (excludes halogenated alkanes) is 1. The monoisotopic (exact) mass is 463 g/mol. The van der Waals surface area contributed by atoms with Gasteiger partial charge in [-0.3, -0.25) is 4.79 Å². The fourth-order valence-electron chi connectivity index (χ4n) is 4.67. The van der Waals surface area contributed by atoms with Gasteiger partial charge in [-0.15, -0.1) is 0 Å². The predicted molar refractivity (Wildman–Crippen MR) is 138 cm³/mol. The van der Waals surface area contributed by atoms with Gasteiger partial charge in [0.2, 0.25) is 0 Å². The molecule has 1 N–H and O–H groups in total. The molecule has 1 heterocycles. The zero-order valence-electron chi connectivity index (χ0n) is 20.7. The Morgan fingerprint density at radius 2 is 1.91 bits per heavy atom. The van der Waals surface area contributed by atoms with Crippen molar-refractivity contribution in [1.82, 2.24) is 14.5 Å². The van der Waals surface area contributed by atoms with Crippen molar-refractivity contribution in [3.05, 3.63) is 60.0 Å². The van der Waals surface area contributed by atoms with E-state index >= 15 is 0 Å². The van der Waals surface area contributed by atoms with Crippen LogP contribution < -0.4 is 0 Å². The number of rotatable bonds is 11. The highest BCUT2D eigenvalue weighted by molar-refractivity contribution is 5.97. The van der Waals surface area contributed by atoms with Crippen LogP contribution in [0.2, 0.25) is 0 Å². The van der Waals surface area contributed by atoms with Crippen molar-refractivity contribution in [2.75, 3.05) is 13.1 Å². The quantitative estimate of drug-likeness (QED) is 0.309. The Balaban J connectivity index is 2.00. The lowest BCUT2D eigenvalue weighted by atomic mass is 10.1. The first-order valence-corrected chi connectivity index (χ1v) is 12.5. The second-order valence-corrected chi connectivity index (χ2v) is 9.07. The van der Waals surface area contributed by atoms with Crippen molar-refractivity contribution in [1.29, 1.82) is 0 Å². The molecule has 3 rings (SSSR count). The molecule has 6 heteroatoms. The van der Waals surface area contributed by atoms with Gasteiger partial charge < -0.3 is 14.6 Å². The van der Waals surface area contributed by atoms with Crippen molar-refractivity contribution in [3.8, 4) is 0 Å². The summed E-state index contributed by atoms with van der Waals surface area (Å²) in [5, 5.41) is 9.40. The van der Waals surface area contributed by atoms with Gasteiger partial charge in [0.1, 0.15) is 5.82 Å². The molecule has 1 aliphatic carbocycles. The first-order valence-electron chi connectivity index (χ1n) is 12.5. The van der Waals surface area contributed by atoms with E-state index in [1.54, 1.807) is 18.2 Å². The largest absolute Gasteiger partial charge is 0.478 e. The van der Waals surface area contributed by atoms with Gasteiger partial charge >= 0.3 is 5.97 Å². The third-order valence-corrected chi connectivity index (χ3v) is 6.52. The Kier molecular flexibility index (Phi) is 8.85. The van der Waals surface area contributed by atoms with Gasteiger partial charge in [0.05, 0.1) is 16.6 Å². The molecular weight excluding hydrogens is 426 g/mol. The summed E-state index contributed by atoms with van der Waals surface area (Å²) in [6.07, 6.45) is 12.9. The van der Waals surface area contributed by atoms with Crippen molar-refractivity contribution >= 4 is 28.5 Å². The topological polar surface area (TPSA) is 75.4 Å². The first-order chi connectivity index (χ1) is 16.4. The maximum absolute atomic E-state index is 13.1. The highest BCUT2D eigenvalue weighted by Crippen LogP contribution is 2.35. The molecule has 0 radical (unpaired) electrons. The molecule has 0 saturated heterocycles. The van der Waals surface area contributed by atoms with E-state index in [1.165, 1.54) is 12.8 Å². The molecule has 0 aliphatic heterocycles. The lowest BCUT2D eigenvalue weighted by Gasteiger charge is -2.22. The minimum atomic E-state index is -0.956. The summed E-state index contributed by atoms with van der Waals surface area (Å²) in [5.74, 6) is -0.124. The standard InChI is InChI=1S/C28H37N3O3/c1-5-8-18-30(17-6-2)27(32)21(7-3)14-13-20(4)26-29-24-19-22(28(33)34)15-16-25(24)31(26)23-11-9-10-12-23/h7,13-16,19,23H,3,5-6,8-12,17-18H2,1-2,4H3,(H,33,34)/b20-13+,21-14+. The van der Waals surface area contributed by atoms with Crippen molar-refractivity contribution in [3.63, 3.8) is 0 Å². The van der Waals surface area contributed by atoms with Crippen molar-refractivity contribution < 1.29 is 14.7 Å². The minimum absolute atomic E-state index is 0.00439. The Bertz CT molecular complexity index is 1100. The van der Waals surface area contributed by atoms with E-state index < -0.39 is 5.97 Å². The fraction of sp³-hybridized carbons (Fsp3) is 0.464. The number of benzene rings is 1. The molecular formula is C28H37N3O3. The minimum Gasteiger partial charge on any atom is -0.478 e. The molecule has 0 spiro atoms. The van der Waals surface area contributed by atoms with Gasteiger partial charge in [-0.05, 0) is 62.5 Å². The number of carbonyl (C=O) groups is 2. The number of imidazole rings is 1. The van der Waals surface area contributed by atoms with Crippen LogP contribution in [0.5, 0.6) is 0 Å². The van der Waals surface area contributed by atoms with Gasteiger partial charge in [-0.25, -0.2) is 9.78 Å². The Morgan fingerprint density at radius 3 is 2.53 bits per heavy atom. The van der Waals surface area contributed by atoms with Gasteiger partial charge in [-0.2, -0.15) is 0 Å². The Morgan fingerprint density at radius 1 is 1.18 bits per heavy atom. The molecule has 34 heavy (non-hydrogen) atoms. The number of carbonyl (C=O) groups excluding carboxylic acids is 1. The van der Waals surface area contributed by atoms with E-state index in [2.05, 4.69) is 25.0 Å². The molecule has 0 bridgehead atoms. The smallest absolute Gasteiger partial charge is 0.335 e. The summed E-state index contributed by atoms with van der Waals surface area (Å²) in [6.45, 7) is 11.6. The number of aromatic carboxylic acids is 1. The van der Waals surface area contributed by atoms with E-state index in [0.717, 1.165) is 62.1 Å². The van der Waals surface area contributed by atoms with Gasteiger partial charge in [0.25, 0.3) is 5.91 Å². The highest BCUT2D eigenvalue weighted by atomic mass is 16.4. The second kappa shape index (κ2) is 11.8. The number of carboxylic acids is 1. The SMILES string of the molecule is C=C/C(=C\C=C(/C)c1nc2cc(C(=O)O)ccc2n1C1CCCC1)C(=O)N(CCC)CCCC. The lowest BCUT2D eigenvalue weighted by molar-refractivity contribution is -0.126. The summed E-state index contributed by atoms with van der Waals surface area (Å²) in [7, 11) is 0. The third-order valence-electron chi connectivity index (χ3n) is 6.52. The molecule has 2 aromatic rings. The summed E-state index contributed by atoms with van der Waals surface area (Å²) < 4.78 is 2.26. The molecule has 1 fully saturated rings. The molecule has 6 nitrogen and oxygen atoms in total. The number of hydrogen-bond donors (Lipinski definition) is 1. The van der Waals surface area contributed by atoms with Crippen molar-refractivity contribution in [2.24, 2.45) is 0 Å². The van der Waals surface area contributed by atoms with Gasteiger partial charge in [-0.1, -0.05) is 51.8 Å². The van der Waals surface area contributed by atoms with Crippen LogP contribution in [0.25, 0.3) is 16.6 Å². The Labute approximate surface area is 202 Å². The second-order valence-electron chi connectivity index (χ2n) is 9.07. The summed E-state index contributed by atoms with van der Waals surface area (Å²) >= 11 is 0. The van der Waals surface area contributed by atoms with E-state index in [4.69, 9.17) is 4.98 Å². The zero-order chi connectivity index (χ0) is 24.7. The number of carboxylic acid groups (broad SMARTS) is 1. The van der Waals surface area contributed by atoms with Crippen LogP contribution in [0.3, 0.4) is 0 Å². The predicted octanol–water partition coefficient (Wildman–Crippen LogP) is 6.40. The number of amides is 1. The summed E-state index contributed by atoms with van der Waals surface area (Å²) in [5.41, 5.74) is 3.38. The summed E-state index contributed by atoms with van der Waals surface area (Å²) in [4.78, 5) is 31.3. The highest BCUT2D eigenvalue weighted by Gasteiger charge is 2.24. The van der Waals surface area contributed by atoms with E-state index in [0.29, 0.717) is 17.1 Å². The van der Waals surface area contributed by atoms with Gasteiger partial charge in [0.15, 0.2) is 0 Å². The molecule has 1 saturated carbocycles. The van der Waals surface area contributed by atoms with Crippen LogP contribution in [-0.2, 0) is 4.79 Å². The lowest BCUT2D eigenvalue weighted by Crippen LogP contribution is -2.33. The van der Waals surface area contributed by atoms with Gasteiger partial charge in [0, 0.05) is 24.7 Å². The number of aromatic nitrogens is 2. The maximum atomic E-state index is 13.1. The van der Waals surface area contributed by atoms with E-state index in [-0.39, 0.29) is 11.5 Å². The first kappa shape index (κ1) is 25.5. The van der Waals surface area contributed by atoms with E-state index in [1.807, 2.05) is 30.0 Å². The fourth-order valence-corrected chi connectivity index (χ4v) is 4.67. The molecule has 182 valence electrons. The maximum Gasteiger partial charge on any atom is 0.335 e. The number of hydrogen-bond acceptors (Lipinski definition) is 3. The summed E-state index contributed by atoms with van der Waals surface area (Å²) in [6, 6.07) is 5.50.